The number of aromatic nitrogens is 1. The van der Waals surface area contributed by atoms with Gasteiger partial charge in [-0.05, 0) is 57.3 Å². The maximum atomic E-state index is 14.4. The lowest BCUT2D eigenvalue weighted by Gasteiger charge is -2.37. The third kappa shape index (κ3) is 8.63. The highest BCUT2D eigenvalue weighted by Gasteiger charge is 2.41. The van der Waals surface area contributed by atoms with Crippen LogP contribution in [0.15, 0.2) is 67.3 Å². The van der Waals surface area contributed by atoms with E-state index in [9.17, 15) is 4.79 Å². The molecule has 2 fully saturated rings. The van der Waals surface area contributed by atoms with Crippen molar-refractivity contribution in [3.63, 3.8) is 0 Å². The van der Waals surface area contributed by atoms with Gasteiger partial charge >= 0.3 is 0 Å². The predicted molar refractivity (Wildman–Crippen MR) is 179 cm³/mol. The summed E-state index contributed by atoms with van der Waals surface area (Å²) in [6, 6.07) is 17.8. The maximum absolute atomic E-state index is 14.4. The molecule has 1 aromatic heterocycles. The Morgan fingerprint density at radius 3 is 2.62 bits per heavy atom. The summed E-state index contributed by atoms with van der Waals surface area (Å²) < 4.78 is 23.3. The van der Waals surface area contributed by atoms with Crippen LogP contribution >= 0.6 is 0 Å². The molecule has 2 aliphatic heterocycles. The molecule has 0 N–H and O–H groups in total. The number of allylic oxidation sites excluding steroid dienone is 1. The van der Waals surface area contributed by atoms with Crippen LogP contribution in [0.5, 0.6) is 11.5 Å². The number of benzene rings is 2. The van der Waals surface area contributed by atoms with Gasteiger partial charge in [0.25, 0.3) is 0 Å². The van der Waals surface area contributed by atoms with E-state index in [1.807, 2.05) is 53.4 Å². The predicted octanol–water partition coefficient (Wildman–Crippen LogP) is 6.87. The lowest BCUT2D eigenvalue weighted by atomic mass is 10.0. The van der Waals surface area contributed by atoms with Crippen molar-refractivity contribution in [2.45, 2.75) is 76.0 Å². The molecule has 45 heavy (non-hydrogen) atoms. The van der Waals surface area contributed by atoms with Gasteiger partial charge in [0.2, 0.25) is 5.91 Å². The zero-order chi connectivity index (χ0) is 31.4. The Hall–Kier alpha value is -3.46. The average Bonchev–Trinajstić information content (AvgIpc) is 3.48. The number of nitrogens with zero attached hydrogens (tertiary/aromatic N) is 3. The molecule has 3 heterocycles. The fraction of sp³-hybridized carbons (Fsp3) is 0.514. The molecule has 1 amide bonds. The van der Waals surface area contributed by atoms with Crippen molar-refractivity contribution in [1.82, 2.24) is 14.8 Å². The van der Waals surface area contributed by atoms with Crippen LogP contribution in [-0.2, 0) is 14.3 Å². The number of pyridine rings is 1. The van der Waals surface area contributed by atoms with E-state index in [1.165, 1.54) is 6.42 Å². The third-order valence-electron chi connectivity index (χ3n) is 9.02. The first-order valence-electron chi connectivity index (χ1n) is 16.5. The number of methoxy groups -OCH3 is 2. The summed E-state index contributed by atoms with van der Waals surface area (Å²) in [5.41, 5.74) is 2.65. The molecule has 242 valence electrons. The number of ether oxygens (including phenoxy) is 4. The second-order valence-electron chi connectivity index (χ2n) is 12.2. The summed E-state index contributed by atoms with van der Waals surface area (Å²) >= 11 is 0. The number of amides is 1. The molecule has 3 aromatic rings. The molecule has 0 bridgehead atoms. The molecule has 8 heteroatoms. The van der Waals surface area contributed by atoms with E-state index in [-0.39, 0.29) is 30.9 Å². The summed E-state index contributed by atoms with van der Waals surface area (Å²) in [5, 5.41) is 0.915. The lowest BCUT2D eigenvalue weighted by Crippen LogP contribution is -2.52. The molecular formula is C37H49N3O5. The van der Waals surface area contributed by atoms with E-state index < -0.39 is 0 Å². The molecule has 8 nitrogen and oxygen atoms in total. The molecule has 0 saturated carbocycles. The topological polar surface area (TPSA) is 73.4 Å². The molecule has 0 spiro atoms. The summed E-state index contributed by atoms with van der Waals surface area (Å²) in [6.07, 6.45) is 11.2. The molecule has 0 aliphatic carbocycles. The van der Waals surface area contributed by atoms with Crippen LogP contribution in [0.2, 0.25) is 0 Å². The van der Waals surface area contributed by atoms with Crippen molar-refractivity contribution in [1.29, 1.82) is 0 Å². The minimum Gasteiger partial charge on any atom is -0.497 e. The second-order valence-corrected chi connectivity index (χ2v) is 12.2. The molecule has 2 aromatic carbocycles. The summed E-state index contributed by atoms with van der Waals surface area (Å²) in [5.74, 6) is 1.70. The normalized spacial score (nSPS) is 19.5. The highest BCUT2D eigenvalue weighted by Crippen LogP contribution is 2.35. The third-order valence-corrected chi connectivity index (χ3v) is 9.02. The van der Waals surface area contributed by atoms with Crippen molar-refractivity contribution in [3.05, 3.63) is 67.3 Å². The fourth-order valence-corrected chi connectivity index (χ4v) is 6.68. The number of hydrogen-bond acceptors (Lipinski definition) is 7. The van der Waals surface area contributed by atoms with Crippen LogP contribution in [0.4, 0.5) is 0 Å². The number of hydrogen-bond donors (Lipinski definition) is 0. The van der Waals surface area contributed by atoms with Crippen molar-refractivity contribution in [2.75, 3.05) is 47.3 Å². The molecular weight excluding hydrogens is 566 g/mol. The number of carbonyl (C=O) groups excluding carboxylic acids is 1. The quantitative estimate of drug-likeness (QED) is 0.0989. The first-order valence-corrected chi connectivity index (χ1v) is 16.5. The van der Waals surface area contributed by atoms with E-state index in [1.54, 1.807) is 14.2 Å². The van der Waals surface area contributed by atoms with Gasteiger partial charge in [-0.25, -0.2) is 4.98 Å². The van der Waals surface area contributed by atoms with Crippen molar-refractivity contribution >= 4 is 16.8 Å². The Labute approximate surface area is 268 Å². The van der Waals surface area contributed by atoms with Gasteiger partial charge in [0.15, 0.2) is 0 Å². The monoisotopic (exact) mass is 615 g/mol. The van der Waals surface area contributed by atoms with Gasteiger partial charge in [-0.1, -0.05) is 55.7 Å². The summed E-state index contributed by atoms with van der Waals surface area (Å²) in [4.78, 5) is 23.8. The molecule has 0 unspecified atom stereocenters. The Balaban J connectivity index is 1.40. The number of likely N-dealkylation sites (tertiary alicyclic amines) is 2. The molecule has 2 saturated heterocycles. The van der Waals surface area contributed by atoms with Gasteiger partial charge < -0.3 is 23.8 Å². The van der Waals surface area contributed by atoms with Crippen LogP contribution in [0, 0.1) is 0 Å². The van der Waals surface area contributed by atoms with Gasteiger partial charge in [-0.2, -0.15) is 0 Å². The van der Waals surface area contributed by atoms with E-state index in [2.05, 4.69) is 23.6 Å². The van der Waals surface area contributed by atoms with E-state index >= 15 is 0 Å². The Morgan fingerprint density at radius 2 is 1.87 bits per heavy atom. The van der Waals surface area contributed by atoms with E-state index in [4.69, 9.17) is 23.9 Å². The molecule has 3 atom stereocenters. The minimum atomic E-state index is -0.184. The number of piperidine rings is 1. The highest BCUT2D eigenvalue weighted by atomic mass is 16.7. The first kappa shape index (κ1) is 32.9. The number of unbranched alkanes of at least 4 members (excludes halogenated alkanes) is 3. The Kier molecular flexibility index (Phi) is 12.2. The smallest absolute Gasteiger partial charge is 0.240 e. The van der Waals surface area contributed by atoms with Gasteiger partial charge in [-0.15, -0.1) is 6.58 Å². The largest absolute Gasteiger partial charge is 0.497 e. The van der Waals surface area contributed by atoms with E-state index in [0.29, 0.717) is 19.6 Å². The summed E-state index contributed by atoms with van der Waals surface area (Å²) in [6.45, 7) is 6.94. The fourth-order valence-electron chi connectivity index (χ4n) is 6.68. The van der Waals surface area contributed by atoms with Crippen molar-refractivity contribution in [2.24, 2.45) is 0 Å². The lowest BCUT2D eigenvalue weighted by molar-refractivity contribution is -0.141. The zero-order valence-electron chi connectivity index (χ0n) is 27.0. The average molecular weight is 616 g/mol. The van der Waals surface area contributed by atoms with Crippen molar-refractivity contribution < 1.29 is 23.7 Å². The number of fused-ring (bicyclic) bond motifs is 1. The standard InChI is InChI=1S/C37H49N3O5/c1-4-5-6-7-12-17-35(39-20-13-9-14-21-39)37(41)40-25-31(22-29(40)26-44-27-42-2)45-36-24-33(28-15-10-8-11-16-28)38-34-23-30(43-3)18-19-32(34)36/h4,8,10-11,15-16,18-19,23-24,29,31,35H,1,5-7,9,12-14,17,20-22,25-27H2,2-3H3/t29-,31+,35-/m0/s1. The Morgan fingerprint density at radius 1 is 1.04 bits per heavy atom. The first-order chi connectivity index (χ1) is 22.1. The zero-order valence-corrected chi connectivity index (χ0v) is 27.0. The second kappa shape index (κ2) is 16.7. The van der Waals surface area contributed by atoms with Crippen LogP contribution in [0.25, 0.3) is 22.2 Å². The van der Waals surface area contributed by atoms with Gasteiger partial charge in [0, 0.05) is 36.6 Å². The molecule has 0 radical (unpaired) electrons. The van der Waals surface area contributed by atoms with Gasteiger partial charge in [-0.3, -0.25) is 9.69 Å². The summed E-state index contributed by atoms with van der Waals surface area (Å²) in [7, 11) is 3.28. The van der Waals surface area contributed by atoms with Crippen LogP contribution < -0.4 is 9.47 Å². The molecule has 5 rings (SSSR count). The number of rotatable bonds is 16. The maximum Gasteiger partial charge on any atom is 0.240 e. The highest BCUT2D eigenvalue weighted by molar-refractivity contribution is 5.89. The van der Waals surface area contributed by atoms with Gasteiger partial charge in [0.05, 0.1) is 43.6 Å². The SMILES string of the molecule is C=CCCCCC[C@@H](C(=O)N1C[C@H](Oc2cc(-c3ccccc3)nc3cc(OC)ccc23)C[C@H]1COCOC)N1CCCCC1. The van der Waals surface area contributed by atoms with Crippen LogP contribution in [0.1, 0.15) is 57.8 Å². The molecule has 2 aliphatic rings. The van der Waals surface area contributed by atoms with Crippen molar-refractivity contribution in [3.8, 4) is 22.8 Å². The van der Waals surface area contributed by atoms with Crippen LogP contribution in [0.3, 0.4) is 0 Å². The minimum absolute atomic E-state index is 0.0903. The van der Waals surface area contributed by atoms with E-state index in [0.717, 1.165) is 91.7 Å². The Bertz CT molecular complexity index is 1380. The van der Waals surface area contributed by atoms with Gasteiger partial charge in [0.1, 0.15) is 24.4 Å². The van der Waals surface area contributed by atoms with Crippen LogP contribution in [-0.4, -0.2) is 86.1 Å². The number of carbonyl (C=O) groups is 1.